The number of amides is 2. The molecular weight excluding hydrogens is 388 g/mol. The number of esters is 1. The summed E-state index contributed by atoms with van der Waals surface area (Å²) in [5.41, 5.74) is 0.793. The maximum atomic E-state index is 11.9. The number of carbonyl (C=O) groups excluding carboxylic acids is 3. The Morgan fingerprint density at radius 2 is 1.80 bits per heavy atom. The van der Waals surface area contributed by atoms with Crippen LogP contribution in [-0.2, 0) is 25.6 Å². The first-order chi connectivity index (χ1) is 14.1. The fourth-order valence-electron chi connectivity index (χ4n) is 2.41. The van der Waals surface area contributed by atoms with Gasteiger partial charge in [0.15, 0.2) is 0 Å². The Kier molecular flexibility index (Phi) is 10.7. The summed E-state index contributed by atoms with van der Waals surface area (Å²) in [6.07, 6.45) is 1.50. The number of carbonyl (C=O) groups is 3. The van der Waals surface area contributed by atoms with Crippen molar-refractivity contribution in [3.05, 3.63) is 23.8 Å². The van der Waals surface area contributed by atoms with E-state index in [1.165, 1.54) is 0 Å². The Hall–Kier alpha value is -2.77. The highest BCUT2D eigenvalue weighted by atomic mass is 16.6. The van der Waals surface area contributed by atoms with Crippen molar-refractivity contribution in [3.8, 4) is 5.75 Å². The molecule has 0 aliphatic rings. The van der Waals surface area contributed by atoms with Crippen molar-refractivity contribution in [1.29, 1.82) is 0 Å². The first-order valence-corrected chi connectivity index (χ1v) is 10.3. The Morgan fingerprint density at radius 1 is 1.07 bits per heavy atom. The quantitative estimate of drug-likeness (QED) is 0.410. The SMILES string of the molecule is CCOC(=O)CCCCOc1cc(CNC(=O)OC(C)(C)C)ccc1NC(=O)CC. The van der Waals surface area contributed by atoms with Crippen LogP contribution in [0.25, 0.3) is 0 Å². The number of hydrogen-bond acceptors (Lipinski definition) is 6. The van der Waals surface area contributed by atoms with Crippen LogP contribution in [0.4, 0.5) is 10.5 Å². The summed E-state index contributed by atoms with van der Waals surface area (Å²) >= 11 is 0. The molecule has 8 nitrogen and oxygen atoms in total. The molecule has 0 saturated heterocycles. The fraction of sp³-hybridized carbons (Fsp3) is 0.591. The van der Waals surface area contributed by atoms with Crippen LogP contribution < -0.4 is 15.4 Å². The predicted octanol–water partition coefficient (Wildman–Crippen LogP) is 4.17. The Balaban J connectivity index is 2.69. The van der Waals surface area contributed by atoms with E-state index < -0.39 is 11.7 Å². The Labute approximate surface area is 178 Å². The van der Waals surface area contributed by atoms with Gasteiger partial charge in [-0.2, -0.15) is 0 Å². The second kappa shape index (κ2) is 12.7. The molecule has 8 heteroatoms. The molecule has 2 amide bonds. The van der Waals surface area contributed by atoms with E-state index in [0.29, 0.717) is 50.3 Å². The predicted molar refractivity (Wildman–Crippen MR) is 114 cm³/mol. The Morgan fingerprint density at radius 3 is 2.43 bits per heavy atom. The van der Waals surface area contributed by atoms with Gasteiger partial charge in [0, 0.05) is 19.4 Å². The molecule has 0 aliphatic carbocycles. The van der Waals surface area contributed by atoms with Crippen molar-refractivity contribution >= 4 is 23.7 Å². The van der Waals surface area contributed by atoms with Gasteiger partial charge in [0.2, 0.25) is 5.91 Å². The molecule has 30 heavy (non-hydrogen) atoms. The molecule has 0 aromatic heterocycles. The summed E-state index contributed by atoms with van der Waals surface area (Å²) in [7, 11) is 0. The summed E-state index contributed by atoms with van der Waals surface area (Å²) in [4.78, 5) is 35.0. The Bertz CT molecular complexity index is 712. The van der Waals surface area contributed by atoms with Crippen LogP contribution in [0.1, 0.15) is 65.9 Å². The molecule has 0 radical (unpaired) electrons. The molecule has 0 heterocycles. The van der Waals surface area contributed by atoms with Gasteiger partial charge < -0.3 is 24.8 Å². The molecule has 1 aromatic rings. The van der Waals surface area contributed by atoms with E-state index in [1.807, 2.05) is 0 Å². The highest BCUT2D eigenvalue weighted by Crippen LogP contribution is 2.26. The average molecular weight is 423 g/mol. The van der Waals surface area contributed by atoms with Gasteiger partial charge in [0.1, 0.15) is 11.4 Å². The van der Waals surface area contributed by atoms with Gasteiger partial charge in [-0.25, -0.2) is 4.79 Å². The molecule has 0 aliphatic heterocycles. The van der Waals surface area contributed by atoms with Gasteiger partial charge >= 0.3 is 12.1 Å². The molecule has 0 spiro atoms. The number of unbranched alkanes of at least 4 members (excludes halogenated alkanes) is 1. The van der Waals surface area contributed by atoms with E-state index >= 15 is 0 Å². The van der Waals surface area contributed by atoms with Crippen LogP contribution in [-0.4, -0.2) is 36.8 Å². The molecule has 1 aromatic carbocycles. The summed E-state index contributed by atoms with van der Waals surface area (Å²) in [5.74, 6) is 0.168. The lowest BCUT2D eigenvalue weighted by molar-refractivity contribution is -0.143. The largest absolute Gasteiger partial charge is 0.491 e. The average Bonchev–Trinajstić information content (AvgIpc) is 2.66. The molecule has 0 unspecified atom stereocenters. The minimum absolute atomic E-state index is 0.123. The van der Waals surface area contributed by atoms with Gasteiger partial charge in [0.05, 0.1) is 18.9 Å². The molecule has 2 N–H and O–H groups in total. The normalized spacial score (nSPS) is 10.8. The van der Waals surface area contributed by atoms with Crippen LogP contribution in [0.2, 0.25) is 0 Å². The molecule has 0 fully saturated rings. The lowest BCUT2D eigenvalue weighted by Crippen LogP contribution is -2.32. The monoisotopic (exact) mass is 422 g/mol. The van der Waals surface area contributed by atoms with Gasteiger partial charge in [-0.3, -0.25) is 9.59 Å². The highest BCUT2D eigenvalue weighted by Gasteiger charge is 2.16. The van der Waals surface area contributed by atoms with Gasteiger partial charge in [-0.15, -0.1) is 0 Å². The first kappa shape index (κ1) is 25.3. The van der Waals surface area contributed by atoms with Crippen LogP contribution in [0.3, 0.4) is 0 Å². The third kappa shape index (κ3) is 10.7. The summed E-state index contributed by atoms with van der Waals surface area (Å²) in [5, 5.41) is 5.51. The number of alkyl carbamates (subject to hydrolysis) is 1. The number of nitrogens with one attached hydrogen (secondary N) is 2. The summed E-state index contributed by atoms with van der Waals surface area (Å²) < 4.78 is 16.0. The maximum absolute atomic E-state index is 11.9. The van der Waals surface area contributed by atoms with E-state index in [0.717, 1.165) is 5.56 Å². The maximum Gasteiger partial charge on any atom is 0.407 e. The van der Waals surface area contributed by atoms with Crippen LogP contribution in [0.5, 0.6) is 5.75 Å². The fourth-order valence-corrected chi connectivity index (χ4v) is 2.41. The van der Waals surface area contributed by atoms with Crippen molar-refractivity contribution in [2.75, 3.05) is 18.5 Å². The van der Waals surface area contributed by atoms with Gasteiger partial charge in [-0.1, -0.05) is 13.0 Å². The second-order valence-corrected chi connectivity index (χ2v) is 7.70. The standard InChI is InChI=1S/C22H34N2O6/c1-6-19(25)24-17-12-11-16(15-23-21(27)30-22(3,4)5)14-18(17)29-13-9-8-10-20(26)28-7-2/h11-12,14H,6-10,13,15H2,1-5H3,(H,23,27)(H,24,25). The minimum atomic E-state index is -0.573. The zero-order valence-corrected chi connectivity index (χ0v) is 18.6. The zero-order valence-electron chi connectivity index (χ0n) is 18.6. The number of rotatable bonds is 11. The molecule has 1 rings (SSSR count). The van der Waals surface area contributed by atoms with E-state index in [9.17, 15) is 14.4 Å². The number of benzene rings is 1. The van der Waals surface area contributed by atoms with Crippen LogP contribution in [0, 0.1) is 0 Å². The van der Waals surface area contributed by atoms with Crippen molar-refractivity contribution in [2.24, 2.45) is 0 Å². The minimum Gasteiger partial charge on any atom is -0.491 e. The van der Waals surface area contributed by atoms with E-state index in [4.69, 9.17) is 14.2 Å². The molecule has 0 saturated carbocycles. The van der Waals surface area contributed by atoms with Crippen LogP contribution in [0.15, 0.2) is 18.2 Å². The molecule has 168 valence electrons. The summed E-state index contributed by atoms with van der Waals surface area (Å²) in [6.45, 7) is 9.96. The highest BCUT2D eigenvalue weighted by molar-refractivity contribution is 5.92. The van der Waals surface area contributed by atoms with Gasteiger partial charge in [-0.05, 0) is 58.2 Å². The number of ether oxygens (including phenoxy) is 3. The zero-order chi connectivity index (χ0) is 22.6. The first-order valence-electron chi connectivity index (χ1n) is 10.3. The second-order valence-electron chi connectivity index (χ2n) is 7.70. The van der Waals surface area contributed by atoms with Crippen molar-refractivity contribution in [1.82, 2.24) is 5.32 Å². The van der Waals surface area contributed by atoms with E-state index in [-0.39, 0.29) is 18.4 Å². The summed E-state index contributed by atoms with van der Waals surface area (Å²) in [6, 6.07) is 5.32. The molecular formula is C22H34N2O6. The lowest BCUT2D eigenvalue weighted by Gasteiger charge is -2.20. The lowest BCUT2D eigenvalue weighted by atomic mass is 10.1. The number of anilines is 1. The van der Waals surface area contributed by atoms with E-state index in [1.54, 1.807) is 52.8 Å². The topological polar surface area (TPSA) is 103 Å². The van der Waals surface area contributed by atoms with Crippen molar-refractivity contribution in [3.63, 3.8) is 0 Å². The van der Waals surface area contributed by atoms with Crippen molar-refractivity contribution in [2.45, 2.75) is 72.4 Å². The molecule has 0 bridgehead atoms. The number of hydrogen-bond donors (Lipinski definition) is 2. The van der Waals surface area contributed by atoms with E-state index in [2.05, 4.69) is 10.6 Å². The molecule has 0 atom stereocenters. The third-order valence-electron chi connectivity index (χ3n) is 3.82. The van der Waals surface area contributed by atoms with Gasteiger partial charge in [0.25, 0.3) is 0 Å². The smallest absolute Gasteiger partial charge is 0.407 e. The van der Waals surface area contributed by atoms with Crippen molar-refractivity contribution < 1.29 is 28.6 Å². The third-order valence-corrected chi connectivity index (χ3v) is 3.82. The van der Waals surface area contributed by atoms with Crippen LogP contribution >= 0.6 is 0 Å².